The molecule has 2 heterocycles. The molecule has 1 aromatic rings. The molecule has 0 spiro atoms. The van der Waals surface area contributed by atoms with Gasteiger partial charge in [-0.2, -0.15) is 5.10 Å². The number of nitrogens with zero attached hydrogens (tertiary/aromatic N) is 3. The van der Waals surface area contributed by atoms with Gasteiger partial charge in [-0.15, -0.1) is 0 Å². The molecule has 0 radical (unpaired) electrons. The van der Waals surface area contributed by atoms with Gasteiger partial charge in [0.15, 0.2) is 0 Å². The molecule has 1 aromatic heterocycles. The number of aromatic nitrogens is 2. The zero-order valence-electron chi connectivity index (χ0n) is 11.5. The molecule has 0 aliphatic carbocycles. The first-order chi connectivity index (χ1) is 8.90. The second-order valence-corrected chi connectivity index (χ2v) is 5.15. The summed E-state index contributed by atoms with van der Waals surface area (Å²) in [6, 6.07) is 1.67. The minimum atomic E-state index is -0.825. The van der Waals surface area contributed by atoms with Crippen LogP contribution in [0.25, 0.3) is 0 Å². The number of aryl methyl sites for hydroxylation is 2. The SMILES string of the molecule is Cc1cc(C)n(CC(=O)N2CCC(C(=O)O)C2C)n1. The monoisotopic (exact) mass is 265 g/mol. The van der Waals surface area contributed by atoms with Gasteiger partial charge in [0.1, 0.15) is 6.54 Å². The Morgan fingerprint density at radius 3 is 2.63 bits per heavy atom. The molecule has 2 rings (SSSR count). The van der Waals surface area contributed by atoms with Gasteiger partial charge in [0.25, 0.3) is 0 Å². The molecular weight excluding hydrogens is 246 g/mol. The molecule has 1 saturated heterocycles. The van der Waals surface area contributed by atoms with Crippen molar-refractivity contribution in [1.82, 2.24) is 14.7 Å². The lowest BCUT2D eigenvalue weighted by atomic mass is 10.0. The van der Waals surface area contributed by atoms with Crippen LogP contribution in [-0.2, 0) is 16.1 Å². The van der Waals surface area contributed by atoms with Gasteiger partial charge in [0.05, 0.1) is 11.6 Å². The maximum atomic E-state index is 12.2. The topological polar surface area (TPSA) is 75.4 Å². The predicted octanol–water partition coefficient (Wildman–Crippen LogP) is 0.822. The molecule has 1 aliphatic heterocycles. The van der Waals surface area contributed by atoms with E-state index in [1.807, 2.05) is 19.9 Å². The van der Waals surface area contributed by atoms with E-state index < -0.39 is 11.9 Å². The van der Waals surface area contributed by atoms with Gasteiger partial charge in [0.2, 0.25) is 5.91 Å². The van der Waals surface area contributed by atoms with Crippen molar-refractivity contribution in [2.45, 2.75) is 39.8 Å². The summed E-state index contributed by atoms with van der Waals surface area (Å²) >= 11 is 0. The number of aliphatic carboxylic acids is 1. The number of carbonyl (C=O) groups is 2. The highest BCUT2D eigenvalue weighted by atomic mass is 16.4. The molecule has 1 amide bonds. The highest BCUT2D eigenvalue weighted by Crippen LogP contribution is 2.24. The smallest absolute Gasteiger partial charge is 0.308 e. The van der Waals surface area contributed by atoms with Crippen LogP contribution in [0.3, 0.4) is 0 Å². The van der Waals surface area contributed by atoms with Gasteiger partial charge in [-0.3, -0.25) is 14.3 Å². The predicted molar refractivity (Wildman–Crippen MR) is 68.6 cm³/mol. The van der Waals surface area contributed by atoms with E-state index in [0.29, 0.717) is 13.0 Å². The van der Waals surface area contributed by atoms with Crippen LogP contribution in [0.4, 0.5) is 0 Å². The van der Waals surface area contributed by atoms with E-state index in [2.05, 4.69) is 5.10 Å². The lowest BCUT2D eigenvalue weighted by molar-refractivity contribution is -0.143. The quantitative estimate of drug-likeness (QED) is 0.878. The summed E-state index contributed by atoms with van der Waals surface area (Å²) in [6.45, 7) is 6.27. The molecule has 0 saturated carbocycles. The minimum absolute atomic E-state index is 0.0672. The van der Waals surface area contributed by atoms with Crippen molar-refractivity contribution in [3.63, 3.8) is 0 Å². The van der Waals surface area contributed by atoms with Gasteiger partial charge >= 0.3 is 5.97 Å². The van der Waals surface area contributed by atoms with E-state index in [9.17, 15) is 9.59 Å². The third-order valence-corrected chi connectivity index (χ3v) is 3.78. The maximum Gasteiger partial charge on any atom is 0.308 e. The average Bonchev–Trinajstić information content (AvgIpc) is 2.82. The first-order valence-electron chi connectivity index (χ1n) is 6.43. The Labute approximate surface area is 112 Å². The number of likely N-dealkylation sites (tertiary alicyclic amines) is 1. The summed E-state index contributed by atoms with van der Waals surface area (Å²) in [6.07, 6.45) is 0.527. The van der Waals surface area contributed by atoms with Crippen LogP contribution >= 0.6 is 0 Å². The molecule has 1 aliphatic rings. The van der Waals surface area contributed by atoms with E-state index in [0.717, 1.165) is 11.4 Å². The average molecular weight is 265 g/mol. The van der Waals surface area contributed by atoms with Crippen molar-refractivity contribution >= 4 is 11.9 Å². The second-order valence-electron chi connectivity index (χ2n) is 5.15. The Balaban J connectivity index is 2.05. The van der Waals surface area contributed by atoms with Crippen LogP contribution in [0, 0.1) is 19.8 Å². The third-order valence-electron chi connectivity index (χ3n) is 3.78. The van der Waals surface area contributed by atoms with E-state index in [4.69, 9.17) is 5.11 Å². The molecular formula is C13H19N3O3. The van der Waals surface area contributed by atoms with Crippen LogP contribution in [0.1, 0.15) is 24.7 Å². The fourth-order valence-electron chi connectivity index (χ4n) is 2.68. The van der Waals surface area contributed by atoms with Crippen molar-refractivity contribution in [1.29, 1.82) is 0 Å². The summed E-state index contributed by atoms with van der Waals surface area (Å²) in [5, 5.41) is 13.3. The van der Waals surface area contributed by atoms with Crippen LogP contribution < -0.4 is 0 Å². The molecule has 1 N–H and O–H groups in total. The minimum Gasteiger partial charge on any atom is -0.481 e. The Bertz CT molecular complexity index is 509. The van der Waals surface area contributed by atoms with E-state index in [1.54, 1.807) is 16.5 Å². The molecule has 2 unspecified atom stereocenters. The van der Waals surface area contributed by atoms with Crippen molar-refractivity contribution in [3.8, 4) is 0 Å². The van der Waals surface area contributed by atoms with E-state index in [1.165, 1.54) is 0 Å². The van der Waals surface area contributed by atoms with E-state index in [-0.39, 0.29) is 18.5 Å². The normalized spacial score (nSPS) is 22.8. The number of rotatable bonds is 3. The standard InChI is InChI=1S/C13H19N3O3/c1-8-6-9(2)16(14-8)7-12(17)15-5-4-11(10(15)3)13(18)19/h6,10-11H,4-5,7H2,1-3H3,(H,18,19). The zero-order chi connectivity index (χ0) is 14.2. The lowest BCUT2D eigenvalue weighted by Crippen LogP contribution is -2.39. The van der Waals surface area contributed by atoms with Crippen LogP contribution in [0.2, 0.25) is 0 Å². The highest BCUT2D eigenvalue weighted by Gasteiger charge is 2.38. The largest absolute Gasteiger partial charge is 0.481 e. The fourth-order valence-corrected chi connectivity index (χ4v) is 2.68. The van der Waals surface area contributed by atoms with Gasteiger partial charge in [-0.25, -0.2) is 0 Å². The summed E-state index contributed by atoms with van der Waals surface area (Å²) in [5.74, 6) is -1.35. The van der Waals surface area contributed by atoms with Gasteiger partial charge in [-0.05, 0) is 33.3 Å². The lowest BCUT2D eigenvalue weighted by Gasteiger charge is -2.23. The van der Waals surface area contributed by atoms with Crippen LogP contribution in [0.15, 0.2) is 6.07 Å². The zero-order valence-corrected chi connectivity index (χ0v) is 11.5. The van der Waals surface area contributed by atoms with E-state index >= 15 is 0 Å². The fraction of sp³-hybridized carbons (Fsp3) is 0.615. The number of carboxylic acid groups (broad SMARTS) is 1. The molecule has 6 nitrogen and oxygen atoms in total. The number of hydrogen-bond donors (Lipinski definition) is 1. The Morgan fingerprint density at radius 2 is 2.16 bits per heavy atom. The van der Waals surface area contributed by atoms with Gasteiger partial charge in [0, 0.05) is 18.3 Å². The van der Waals surface area contributed by atoms with Crippen LogP contribution in [0.5, 0.6) is 0 Å². The number of hydrogen-bond acceptors (Lipinski definition) is 3. The number of amides is 1. The summed E-state index contributed by atoms with van der Waals surface area (Å²) in [4.78, 5) is 24.9. The maximum absolute atomic E-state index is 12.2. The Morgan fingerprint density at radius 1 is 1.47 bits per heavy atom. The Hall–Kier alpha value is -1.85. The van der Waals surface area contributed by atoms with Crippen molar-refractivity contribution in [3.05, 3.63) is 17.5 Å². The highest BCUT2D eigenvalue weighted by molar-refractivity contribution is 5.79. The molecule has 19 heavy (non-hydrogen) atoms. The molecule has 0 aromatic carbocycles. The second kappa shape index (κ2) is 5.03. The van der Waals surface area contributed by atoms with Crippen molar-refractivity contribution in [2.75, 3.05) is 6.54 Å². The Kier molecular flexibility index (Phi) is 3.59. The first kappa shape index (κ1) is 13.6. The molecule has 2 atom stereocenters. The molecule has 1 fully saturated rings. The van der Waals surface area contributed by atoms with Crippen molar-refractivity contribution < 1.29 is 14.7 Å². The van der Waals surface area contributed by atoms with Crippen LogP contribution in [-0.4, -0.2) is 44.3 Å². The van der Waals surface area contributed by atoms with Crippen molar-refractivity contribution in [2.24, 2.45) is 5.92 Å². The summed E-state index contributed by atoms with van der Waals surface area (Å²) in [5.41, 5.74) is 1.82. The first-order valence-corrected chi connectivity index (χ1v) is 6.43. The van der Waals surface area contributed by atoms with Gasteiger partial charge < -0.3 is 10.0 Å². The molecule has 104 valence electrons. The number of carbonyl (C=O) groups excluding carboxylic acids is 1. The molecule has 6 heteroatoms. The van der Waals surface area contributed by atoms with Gasteiger partial charge in [-0.1, -0.05) is 0 Å². The molecule has 0 bridgehead atoms. The third kappa shape index (κ3) is 2.62. The summed E-state index contributed by atoms with van der Waals surface area (Å²) < 4.78 is 1.67. The number of carboxylic acids is 1. The summed E-state index contributed by atoms with van der Waals surface area (Å²) in [7, 11) is 0.